The molecule has 92 valence electrons. The van der Waals surface area contributed by atoms with Crippen LogP contribution in [0.5, 0.6) is 0 Å². The molecule has 0 bridgehead atoms. The molecule has 1 fully saturated rings. The lowest BCUT2D eigenvalue weighted by Crippen LogP contribution is -2.35. The van der Waals surface area contributed by atoms with Gasteiger partial charge in [0.05, 0.1) is 5.69 Å². The van der Waals surface area contributed by atoms with E-state index in [4.69, 9.17) is 11.6 Å². The number of hydrogen-bond acceptors (Lipinski definition) is 4. The lowest BCUT2D eigenvalue weighted by molar-refractivity contribution is -0.119. The molecule has 0 saturated carbocycles. The SMILES string of the molecule is CC(=O)NC1CCN(Cc2ccc(Cl)nn2)C1. The first-order chi connectivity index (χ1) is 8.13. The Labute approximate surface area is 105 Å². The molecular formula is C11H15ClN4O. The van der Waals surface area contributed by atoms with Crippen LogP contribution in [0, 0.1) is 0 Å². The van der Waals surface area contributed by atoms with Crippen LogP contribution in [-0.2, 0) is 11.3 Å². The quantitative estimate of drug-likeness (QED) is 0.869. The number of aromatic nitrogens is 2. The van der Waals surface area contributed by atoms with E-state index in [9.17, 15) is 4.79 Å². The predicted octanol–water partition coefficient (Wildman–Crippen LogP) is 0.840. The first-order valence-corrected chi connectivity index (χ1v) is 5.99. The highest BCUT2D eigenvalue weighted by Gasteiger charge is 2.23. The average Bonchev–Trinajstić information content (AvgIpc) is 2.68. The van der Waals surface area contributed by atoms with Crippen molar-refractivity contribution < 1.29 is 4.79 Å². The Hall–Kier alpha value is -1.20. The van der Waals surface area contributed by atoms with Gasteiger partial charge >= 0.3 is 0 Å². The van der Waals surface area contributed by atoms with Gasteiger partial charge in [0, 0.05) is 32.6 Å². The van der Waals surface area contributed by atoms with E-state index in [-0.39, 0.29) is 11.9 Å². The summed E-state index contributed by atoms with van der Waals surface area (Å²) < 4.78 is 0. The number of likely N-dealkylation sites (tertiary alicyclic amines) is 1. The van der Waals surface area contributed by atoms with E-state index in [0.29, 0.717) is 5.15 Å². The van der Waals surface area contributed by atoms with E-state index in [1.807, 2.05) is 6.07 Å². The Kier molecular flexibility index (Phi) is 3.91. The van der Waals surface area contributed by atoms with Crippen LogP contribution in [0.4, 0.5) is 0 Å². The number of rotatable bonds is 3. The molecule has 5 nitrogen and oxygen atoms in total. The molecule has 1 aliphatic heterocycles. The molecule has 1 N–H and O–H groups in total. The minimum atomic E-state index is 0.0307. The van der Waals surface area contributed by atoms with Crippen molar-refractivity contribution in [2.75, 3.05) is 13.1 Å². The Morgan fingerprint density at radius 2 is 2.41 bits per heavy atom. The fourth-order valence-electron chi connectivity index (χ4n) is 2.04. The summed E-state index contributed by atoms with van der Waals surface area (Å²) in [5, 5.41) is 11.2. The third-order valence-electron chi connectivity index (χ3n) is 2.75. The van der Waals surface area contributed by atoms with Crippen molar-refractivity contribution in [3.63, 3.8) is 0 Å². The summed E-state index contributed by atoms with van der Waals surface area (Å²) in [5.41, 5.74) is 0.901. The van der Waals surface area contributed by atoms with Crippen LogP contribution in [0.3, 0.4) is 0 Å². The van der Waals surface area contributed by atoms with Gasteiger partial charge in [-0.2, -0.15) is 5.10 Å². The Morgan fingerprint density at radius 3 is 3.06 bits per heavy atom. The highest BCUT2D eigenvalue weighted by molar-refractivity contribution is 6.29. The van der Waals surface area contributed by atoms with E-state index < -0.39 is 0 Å². The zero-order valence-electron chi connectivity index (χ0n) is 9.69. The molecule has 1 aliphatic rings. The van der Waals surface area contributed by atoms with Crippen molar-refractivity contribution >= 4 is 17.5 Å². The maximum absolute atomic E-state index is 10.9. The largest absolute Gasteiger partial charge is 0.352 e. The molecule has 1 atom stereocenters. The average molecular weight is 255 g/mol. The number of nitrogens with zero attached hydrogens (tertiary/aromatic N) is 3. The van der Waals surface area contributed by atoms with Crippen molar-refractivity contribution in [3.05, 3.63) is 23.0 Å². The summed E-state index contributed by atoms with van der Waals surface area (Å²) >= 11 is 5.67. The molecule has 1 aromatic rings. The van der Waals surface area contributed by atoms with Gasteiger partial charge in [0.15, 0.2) is 5.15 Å². The zero-order chi connectivity index (χ0) is 12.3. The molecule has 17 heavy (non-hydrogen) atoms. The summed E-state index contributed by atoms with van der Waals surface area (Å²) in [6, 6.07) is 3.87. The number of carbonyl (C=O) groups excluding carboxylic acids is 1. The van der Waals surface area contributed by atoms with Gasteiger partial charge in [-0.3, -0.25) is 9.69 Å². The van der Waals surface area contributed by atoms with Crippen LogP contribution in [0.25, 0.3) is 0 Å². The van der Waals surface area contributed by atoms with Gasteiger partial charge in [0.1, 0.15) is 0 Å². The van der Waals surface area contributed by atoms with Gasteiger partial charge in [-0.15, -0.1) is 5.10 Å². The highest BCUT2D eigenvalue weighted by atomic mass is 35.5. The van der Waals surface area contributed by atoms with Gasteiger partial charge < -0.3 is 5.32 Å². The van der Waals surface area contributed by atoms with Gasteiger partial charge in [0.2, 0.25) is 5.91 Å². The van der Waals surface area contributed by atoms with Gasteiger partial charge in [0.25, 0.3) is 0 Å². The van der Waals surface area contributed by atoms with E-state index in [1.54, 1.807) is 13.0 Å². The number of carbonyl (C=O) groups is 1. The van der Waals surface area contributed by atoms with Crippen molar-refractivity contribution in [3.8, 4) is 0 Å². The van der Waals surface area contributed by atoms with Gasteiger partial charge in [-0.25, -0.2) is 0 Å². The normalized spacial score (nSPS) is 20.5. The molecule has 0 aromatic carbocycles. The summed E-state index contributed by atoms with van der Waals surface area (Å²) in [4.78, 5) is 13.2. The zero-order valence-corrected chi connectivity index (χ0v) is 10.4. The monoisotopic (exact) mass is 254 g/mol. The van der Waals surface area contributed by atoms with Crippen molar-refractivity contribution in [1.29, 1.82) is 0 Å². The molecule has 1 unspecified atom stereocenters. The topological polar surface area (TPSA) is 58.1 Å². The van der Waals surface area contributed by atoms with Crippen LogP contribution >= 0.6 is 11.6 Å². The van der Waals surface area contributed by atoms with Crippen LogP contribution in [0.15, 0.2) is 12.1 Å². The molecule has 0 radical (unpaired) electrons. The summed E-state index contributed by atoms with van der Waals surface area (Å²) in [7, 11) is 0. The second-order valence-corrected chi connectivity index (χ2v) is 4.66. The molecule has 1 aromatic heterocycles. The minimum absolute atomic E-state index is 0.0307. The van der Waals surface area contributed by atoms with Crippen LogP contribution < -0.4 is 5.32 Å². The van der Waals surface area contributed by atoms with E-state index >= 15 is 0 Å². The second kappa shape index (κ2) is 5.42. The second-order valence-electron chi connectivity index (χ2n) is 4.27. The Bertz CT molecular complexity index is 395. The van der Waals surface area contributed by atoms with E-state index in [0.717, 1.165) is 31.7 Å². The van der Waals surface area contributed by atoms with E-state index in [1.165, 1.54) is 0 Å². The lowest BCUT2D eigenvalue weighted by atomic mass is 10.2. The van der Waals surface area contributed by atoms with Crippen molar-refractivity contribution in [1.82, 2.24) is 20.4 Å². The first-order valence-electron chi connectivity index (χ1n) is 5.61. The van der Waals surface area contributed by atoms with Gasteiger partial charge in [-0.1, -0.05) is 11.6 Å². The molecular weight excluding hydrogens is 240 g/mol. The van der Waals surface area contributed by atoms with Gasteiger partial charge in [-0.05, 0) is 18.6 Å². The van der Waals surface area contributed by atoms with Crippen LogP contribution in [0.2, 0.25) is 5.15 Å². The standard InChI is InChI=1S/C11H15ClN4O/c1-8(17)13-9-4-5-16(6-9)7-10-2-3-11(12)15-14-10/h2-3,9H,4-7H2,1H3,(H,13,17). The molecule has 0 spiro atoms. The van der Waals surface area contributed by atoms with Crippen LogP contribution in [0.1, 0.15) is 19.0 Å². The summed E-state index contributed by atoms with van der Waals surface area (Å²) in [6.45, 7) is 4.13. The Morgan fingerprint density at radius 1 is 1.59 bits per heavy atom. The molecule has 1 amide bonds. The maximum atomic E-state index is 10.9. The molecule has 0 aliphatic carbocycles. The first kappa shape index (κ1) is 12.3. The molecule has 6 heteroatoms. The number of hydrogen-bond donors (Lipinski definition) is 1. The Balaban J connectivity index is 1.85. The van der Waals surface area contributed by atoms with E-state index in [2.05, 4.69) is 20.4 Å². The fourth-order valence-corrected chi connectivity index (χ4v) is 2.14. The minimum Gasteiger partial charge on any atom is -0.352 e. The number of amides is 1. The summed E-state index contributed by atoms with van der Waals surface area (Å²) in [5.74, 6) is 0.0307. The predicted molar refractivity (Wildman–Crippen MR) is 64.5 cm³/mol. The lowest BCUT2D eigenvalue weighted by Gasteiger charge is -2.15. The number of halogens is 1. The molecule has 2 heterocycles. The molecule has 2 rings (SSSR count). The highest BCUT2D eigenvalue weighted by Crippen LogP contribution is 2.12. The smallest absolute Gasteiger partial charge is 0.217 e. The number of nitrogens with one attached hydrogen (secondary N) is 1. The molecule has 1 saturated heterocycles. The van der Waals surface area contributed by atoms with Crippen molar-refractivity contribution in [2.24, 2.45) is 0 Å². The van der Waals surface area contributed by atoms with Crippen LogP contribution in [-0.4, -0.2) is 40.1 Å². The third kappa shape index (κ3) is 3.64. The summed E-state index contributed by atoms with van der Waals surface area (Å²) in [6.07, 6.45) is 0.987. The van der Waals surface area contributed by atoms with Crippen molar-refractivity contribution in [2.45, 2.75) is 25.9 Å². The fraction of sp³-hybridized carbons (Fsp3) is 0.545. The third-order valence-corrected chi connectivity index (χ3v) is 2.95. The maximum Gasteiger partial charge on any atom is 0.217 e.